The minimum Gasteiger partial charge on any atom is -0.374 e. The fourth-order valence-corrected chi connectivity index (χ4v) is 11.4. The van der Waals surface area contributed by atoms with Gasteiger partial charge in [-0.2, -0.15) is 0 Å². The Kier molecular flexibility index (Phi) is 2.79. The van der Waals surface area contributed by atoms with E-state index in [1.807, 2.05) is 0 Å². The summed E-state index contributed by atoms with van der Waals surface area (Å²) in [5, 5.41) is 0. The van der Waals surface area contributed by atoms with Crippen LogP contribution in [-0.4, -0.2) is 23.9 Å². The average Bonchev–Trinajstić information content (AvgIpc) is 3.43. The molecule has 152 valence electrons. The number of rotatable bonds is 1. The number of fused-ring (bicyclic) bond motifs is 23. The molecule has 2 heterocycles. The van der Waals surface area contributed by atoms with Crippen LogP contribution in [0.4, 0.5) is 0 Å². The van der Waals surface area contributed by atoms with Crippen molar-refractivity contribution in [2.45, 2.75) is 70.9 Å². The SMILES string of the molecule is CC1C2CC(C1OC(C)(C)C)C1C3OC(C21)C1C2CC(C4C5C=CC(C5)C24)C31. The summed E-state index contributed by atoms with van der Waals surface area (Å²) in [7, 11) is 0. The Labute approximate surface area is 169 Å². The maximum Gasteiger partial charge on any atom is 0.0649 e. The van der Waals surface area contributed by atoms with Gasteiger partial charge >= 0.3 is 0 Å². The normalized spacial score (nSPS) is 68.9. The Morgan fingerprint density at radius 2 is 1.25 bits per heavy atom. The van der Waals surface area contributed by atoms with E-state index < -0.39 is 0 Å². The van der Waals surface area contributed by atoms with E-state index in [9.17, 15) is 0 Å². The van der Waals surface area contributed by atoms with Gasteiger partial charge in [-0.3, -0.25) is 0 Å². The largest absolute Gasteiger partial charge is 0.374 e. The van der Waals surface area contributed by atoms with Crippen LogP contribution in [0.15, 0.2) is 12.2 Å². The molecule has 0 spiro atoms. The minimum absolute atomic E-state index is 0.0189. The highest BCUT2D eigenvalue weighted by molar-refractivity contribution is 5.28. The Hall–Kier alpha value is -0.340. The van der Waals surface area contributed by atoms with Crippen LogP contribution in [0.2, 0.25) is 0 Å². The van der Waals surface area contributed by atoms with E-state index in [1.54, 1.807) is 6.42 Å². The van der Waals surface area contributed by atoms with Gasteiger partial charge in [0.1, 0.15) is 0 Å². The molecule has 0 aromatic rings. The molecule has 8 aliphatic rings. The molecule has 2 nitrogen and oxygen atoms in total. The van der Waals surface area contributed by atoms with Crippen LogP contribution in [0.1, 0.15) is 47.0 Å². The molecule has 5 saturated carbocycles. The molecule has 2 aliphatic heterocycles. The maximum atomic E-state index is 6.97. The zero-order valence-electron chi connectivity index (χ0n) is 17.8. The first kappa shape index (κ1) is 16.4. The lowest BCUT2D eigenvalue weighted by Crippen LogP contribution is -2.53. The summed E-state index contributed by atoms with van der Waals surface area (Å²) in [4.78, 5) is 0. The third kappa shape index (κ3) is 1.64. The summed E-state index contributed by atoms with van der Waals surface area (Å²) >= 11 is 0. The molecule has 8 bridgehead atoms. The van der Waals surface area contributed by atoms with E-state index in [0.717, 1.165) is 76.9 Å². The van der Waals surface area contributed by atoms with Crippen LogP contribution in [0.25, 0.3) is 0 Å². The van der Waals surface area contributed by atoms with Gasteiger partial charge in [-0.15, -0.1) is 0 Å². The molecule has 7 fully saturated rings. The molecule has 2 heteroatoms. The highest BCUT2D eigenvalue weighted by atomic mass is 16.5. The second-order valence-electron chi connectivity index (χ2n) is 13.2. The Balaban J connectivity index is 1.15. The lowest BCUT2D eigenvalue weighted by molar-refractivity contribution is -0.129. The van der Waals surface area contributed by atoms with Crippen LogP contribution in [-0.2, 0) is 9.47 Å². The molecule has 0 radical (unpaired) electrons. The van der Waals surface area contributed by atoms with Crippen LogP contribution in [0.5, 0.6) is 0 Å². The fraction of sp³-hybridized carbons (Fsp3) is 0.923. The van der Waals surface area contributed by atoms with Crippen molar-refractivity contribution in [1.82, 2.24) is 0 Å². The number of ether oxygens (including phenoxy) is 2. The van der Waals surface area contributed by atoms with Gasteiger partial charge in [0.2, 0.25) is 0 Å². The van der Waals surface area contributed by atoms with Crippen molar-refractivity contribution < 1.29 is 9.47 Å². The zero-order chi connectivity index (χ0) is 18.7. The summed E-state index contributed by atoms with van der Waals surface area (Å²) in [6, 6.07) is 0. The molecule has 28 heavy (non-hydrogen) atoms. The van der Waals surface area contributed by atoms with E-state index in [2.05, 4.69) is 39.8 Å². The fourth-order valence-electron chi connectivity index (χ4n) is 11.4. The van der Waals surface area contributed by atoms with E-state index in [1.165, 1.54) is 12.8 Å². The standard InChI is InChI=1S/C26H36O2/c1-10-13-8-16(23(10)28-26(2,3)4)22-19(13)24-20-14-9-15(21(20)25(22)27-24)18-12-6-5-11(7-12)17(14)18/h5-6,10-25H,7-9H2,1-4H3. The molecule has 2 saturated heterocycles. The van der Waals surface area contributed by atoms with Gasteiger partial charge in [-0.05, 0) is 117 Å². The van der Waals surface area contributed by atoms with Gasteiger partial charge < -0.3 is 9.47 Å². The third-order valence-corrected chi connectivity index (χ3v) is 11.5. The van der Waals surface area contributed by atoms with Gasteiger partial charge in [0, 0.05) is 0 Å². The third-order valence-electron chi connectivity index (χ3n) is 11.5. The first-order valence-electron chi connectivity index (χ1n) is 12.4. The zero-order valence-corrected chi connectivity index (χ0v) is 17.8. The number of hydrogen-bond donors (Lipinski definition) is 0. The van der Waals surface area contributed by atoms with Crippen LogP contribution < -0.4 is 0 Å². The molecule has 6 aliphatic carbocycles. The van der Waals surface area contributed by atoms with Gasteiger partial charge in [0.25, 0.3) is 0 Å². The molecule has 16 unspecified atom stereocenters. The monoisotopic (exact) mass is 380 g/mol. The van der Waals surface area contributed by atoms with E-state index in [-0.39, 0.29) is 5.60 Å². The van der Waals surface area contributed by atoms with Crippen LogP contribution >= 0.6 is 0 Å². The van der Waals surface area contributed by atoms with Gasteiger partial charge in [0.15, 0.2) is 0 Å². The molecule has 0 amide bonds. The minimum atomic E-state index is -0.0189. The summed E-state index contributed by atoms with van der Waals surface area (Å²) in [5.41, 5.74) is -0.0189. The second kappa shape index (κ2) is 4.77. The van der Waals surface area contributed by atoms with Crippen molar-refractivity contribution in [3.63, 3.8) is 0 Å². The molecule has 0 aromatic carbocycles. The highest BCUT2D eigenvalue weighted by Crippen LogP contribution is 2.77. The molecule has 8 rings (SSSR count). The average molecular weight is 381 g/mol. The lowest BCUT2D eigenvalue weighted by atomic mass is 9.54. The van der Waals surface area contributed by atoms with Crippen molar-refractivity contribution in [1.29, 1.82) is 0 Å². The van der Waals surface area contributed by atoms with Gasteiger partial charge in [-0.25, -0.2) is 0 Å². The summed E-state index contributed by atoms with van der Waals surface area (Å²) < 4.78 is 13.7. The van der Waals surface area contributed by atoms with E-state index in [0.29, 0.717) is 18.3 Å². The smallest absolute Gasteiger partial charge is 0.0649 e. The predicted octanol–water partition coefficient (Wildman–Crippen LogP) is 4.79. The van der Waals surface area contributed by atoms with Crippen molar-refractivity contribution in [3.8, 4) is 0 Å². The van der Waals surface area contributed by atoms with Crippen molar-refractivity contribution >= 4 is 0 Å². The maximum absolute atomic E-state index is 6.97. The predicted molar refractivity (Wildman–Crippen MR) is 107 cm³/mol. The van der Waals surface area contributed by atoms with Crippen molar-refractivity contribution in [2.75, 3.05) is 0 Å². The van der Waals surface area contributed by atoms with Crippen LogP contribution in [0, 0.1) is 76.9 Å². The molecule has 16 atom stereocenters. The molecule has 0 N–H and O–H groups in total. The van der Waals surface area contributed by atoms with Crippen molar-refractivity contribution in [2.24, 2.45) is 76.9 Å². The topological polar surface area (TPSA) is 18.5 Å². The van der Waals surface area contributed by atoms with E-state index in [4.69, 9.17) is 9.47 Å². The first-order chi connectivity index (χ1) is 13.4. The summed E-state index contributed by atoms with van der Waals surface area (Å²) in [6.07, 6.45) is 11.4. The number of allylic oxidation sites excluding steroid dienone is 2. The Morgan fingerprint density at radius 3 is 1.86 bits per heavy atom. The van der Waals surface area contributed by atoms with Gasteiger partial charge in [0.05, 0.1) is 23.9 Å². The Bertz CT molecular complexity index is 765. The number of hydrogen-bond acceptors (Lipinski definition) is 2. The molecular weight excluding hydrogens is 344 g/mol. The van der Waals surface area contributed by atoms with E-state index >= 15 is 0 Å². The lowest BCUT2D eigenvalue weighted by Gasteiger charge is -2.49. The summed E-state index contributed by atoms with van der Waals surface area (Å²) in [6.45, 7) is 9.23. The quantitative estimate of drug-likeness (QED) is 0.481. The highest BCUT2D eigenvalue weighted by Gasteiger charge is 2.78. The summed E-state index contributed by atoms with van der Waals surface area (Å²) in [5.74, 6) is 11.8. The molecule has 0 aromatic heterocycles. The first-order valence-corrected chi connectivity index (χ1v) is 12.4. The molecular formula is C26H36O2. The Morgan fingerprint density at radius 1 is 0.714 bits per heavy atom. The van der Waals surface area contributed by atoms with Crippen molar-refractivity contribution in [3.05, 3.63) is 12.2 Å². The second-order valence-corrected chi connectivity index (χ2v) is 13.2. The van der Waals surface area contributed by atoms with Gasteiger partial charge in [-0.1, -0.05) is 19.1 Å². The van der Waals surface area contributed by atoms with Crippen LogP contribution in [0.3, 0.4) is 0 Å².